The zero-order chi connectivity index (χ0) is 11.8. The summed E-state index contributed by atoms with van der Waals surface area (Å²) in [6.45, 7) is 0.709. The first-order chi connectivity index (χ1) is 7.48. The Kier molecular flexibility index (Phi) is 2.86. The summed E-state index contributed by atoms with van der Waals surface area (Å²) in [4.78, 5) is 3.63. The Bertz CT molecular complexity index is 378. The Morgan fingerprint density at radius 2 is 2.12 bits per heavy atom. The van der Waals surface area contributed by atoms with Crippen molar-refractivity contribution in [1.82, 2.24) is 9.99 Å². The van der Waals surface area contributed by atoms with Crippen molar-refractivity contribution in [3.8, 4) is 0 Å². The topological polar surface area (TPSA) is 42.1 Å². The minimum Gasteiger partial charge on any atom is -0.268 e. The summed E-state index contributed by atoms with van der Waals surface area (Å²) in [5, 5.41) is 1.57. The molecule has 0 amide bonds. The van der Waals surface area contributed by atoms with Crippen LogP contribution in [0.3, 0.4) is 0 Å². The molecule has 3 nitrogen and oxygen atoms in total. The monoisotopic (exact) mass is 231 g/mol. The molecule has 1 aliphatic heterocycles. The van der Waals surface area contributed by atoms with Gasteiger partial charge in [0.05, 0.1) is 11.6 Å². The molecule has 0 saturated carbocycles. The van der Waals surface area contributed by atoms with Gasteiger partial charge in [0.1, 0.15) is 0 Å². The number of nitrogens with zero attached hydrogens (tertiary/aromatic N) is 2. The van der Waals surface area contributed by atoms with Crippen LogP contribution in [0.5, 0.6) is 0 Å². The number of aromatic nitrogens is 1. The predicted molar refractivity (Wildman–Crippen MR) is 52.1 cm³/mol. The molecule has 1 aromatic rings. The van der Waals surface area contributed by atoms with E-state index in [1.165, 1.54) is 6.20 Å². The Hall–Kier alpha value is -1.14. The highest BCUT2D eigenvalue weighted by Gasteiger charge is 2.32. The van der Waals surface area contributed by atoms with Crippen LogP contribution < -0.4 is 5.84 Å². The average Bonchev–Trinajstić information content (AvgIpc) is 2.63. The predicted octanol–water partition coefficient (Wildman–Crippen LogP) is 2.11. The van der Waals surface area contributed by atoms with E-state index in [-0.39, 0.29) is 6.04 Å². The summed E-state index contributed by atoms with van der Waals surface area (Å²) in [5.74, 6) is 5.69. The molecule has 1 saturated heterocycles. The van der Waals surface area contributed by atoms with E-state index in [0.717, 1.165) is 25.1 Å². The summed E-state index contributed by atoms with van der Waals surface area (Å²) >= 11 is 0. The molecule has 0 aliphatic carbocycles. The van der Waals surface area contributed by atoms with Gasteiger partial charge in [-0.3, -0.25) is 10.8 Å². The number of alkyl halides is 3. The van der Waals surface area contributed by atoms with Gasteiger partial charge < -0.3 is 0 Å². The lowest BCUT2D eigenvalue weighted by atomic mass is 10.1. The first-order valence-electron chi connectivity index (χ1n) is 5.02. The second-order valence-electron chi connectivity index (χ2n) is 3.90. The van der Waals surface area contributed by atoms with Gasteiger partial charge in [-0.2, -0.15) is 13.2 Å². The van der Waals surface area contributed by atoms with Crippen molar-refractivity contribution in [2.75, 3.05) is 6.54 Å². The minimum absolute atomic E-state index is 0.144. The van der Waals surface area contributed by atoms with Crippen LogP contribution >= 0.6 is 0 Å². The normalized spacial score (nSPS) is 22.6. The lowest BCUT2D eigenvalue weighted by Gasteiger charge is -2.19. The quantitative estimate of drug-likeness (QED) is 0.753. The van der Waals surface area contributed by atoms with Gasteiger partial charge in [-0.15, -0.1) is 0 Å². The van der Waals surface area contributed by atoms with Crippen LogP contribution in [0.2, 0.25) is 0 Å². The number of hydrazine groups is 1. The van der Waals surface area contributed by atoms with Crippen molar-refractivity contribution in [3.63, 3.8) is 0 Å². The molecule has 1 aliphatic rings. The van der Waals surface area contributed by atoms with Crippen molar-refractivity contribution in [2.45, 2.75) is 25.1 Å². The zero-order valence-corrected chi connectivity index (χ0v) is 8.54. The Labute approximate surface area is 91.0 Å². The smallest absolute Gasteiger partial charge is 0.268 e. The standard InChI is InChI=1S/C10H12F3N3/c11-10(12,13)8-4-7(5-15-6-8)9-2-1-3-16(9)14/h4-6,9H,1-3,14H2/t9-/m0/s1. The van der Waals surface area contributed by atoms with Gasteiger partial charge in [0, 0.05) is 18.9 Å². The lowest BCUT2D eigenvalue weighted by molar-refractivity contribution is -0.137. The van der Waals surface area contributed by atoms with Crippen molar-refractivity contribution < 1.29 is 13.2 Å². The molecule has 0 bridgehead atoms. The van der Waals surface area contributed by atoms with Crippen LogP contribution in [0, 0.1) is 0 Å². The van der Waals surface area contributed by atoms with Crippen LogP contribution in [-0.4, -0.2) is 16.5 Å². The molecular weight excluding hydrogens is 219 g/mol. The highest BCUT2D eigenvalue weighted by atomic mass is 19.4. The maximum Gasteiger partial charge on any atom is 0.417 e. The van der Waals surface area contributed by atoms with Crippen molar-refractivity contribution in [3.05, 3.63) is 29.6 Å². The summed E-state index contributed by atoms with van der Waals surface area (Å²) in [6.07, 6.45) is -0.387. The lowest BCUT2D eigenvalue weighted by Crippen LogP contribution is -2.30. The van der Waals surface area contributed by atoms with Gasteiger partial charge in [-0.25, -0.2) is 5.01 Å². The van der Waals surface area contributed by atoms with E-state index in [0.29, 0.717) is 12.1 Å². The summed E-state index contributed by atoms with van der Waals surface area (Å²) in [7, 11) is 0. The Morgan fingerprint density at radius 3 is 2.69 bits per heavy atom. The molecule has 1 aromatic heterocycles. The van der Waals surface area contributed by atoms with E-state index in [1.54, 1.807) is 5.01 Å². The fourth-order valence-corrected chi connectivity index (χ4v) is 1.94. The second-order valence-corrected chi connectivity index (χ2v) is 3.90. The highest BCUT2D eigenvalue weighted by Crippen LogP contribution is 2.33. The van der Waals surface area contributed by atoms with Gasteiger partial charge >= 0.3 is 6.18 Å². The summed E-state index contributed by atoms with van der Waals surface area (Å²) in [5.41, 5.74) is -0.180. The molecule has 88 valence electrons. The van der Waals surface area contributed by atoms with Crippen LogP contribution in [0.25, 0.3) is 0 Å². The fourth-order valence-electron chi connectivity index (χ4n) is 1.94. The molecule has 2 N–H and O–H groups in total. The number of hydrogen-bond donors (Lipinski definition) is 1. The number of nitrogens with two attached hydrogens (primary N) is 1. The van der Waals surface area contributed by atoms with E-state index in [9.17, 15) is 13.2 Å². The van der Waals surface area contributed by atoms with Crippen molar-refractivity contribution >= 4 is 0 Å². The first kappa shape index (κ1) is 11.3. The van der Waals surface area contributed by atoms with E-state index in [2.05, 4.69) is 4.98 Å². The second kappa shape index (κ2) is 4.03. The van der Waals surface area contributed by atoms with Crippen LogP contribution in [-0.2, 0) is 6.18 Å². The van der Waals surface area contributed by atoms with Gasteiger partial charge in [-0.1, -0.05) is 0 Å². The minimum atomic E-state index is -4.35. The van der Waals surface area contributed by atoms with Crippen molar-refractivity contribution in [1.29, 1.82) is 0 Å². The molecule has 0 spiro atoms. The molecule has 16 heavy (non-hydrogen) atoms. The SMILES string of the molecule is NN1CCC[C@H]1c1cncc(C(F)(F)F)c1. The van der Waals surface area contributed by atoms with Gasteiger partial charge in [-0.05, 0) is 24.5 Å². The van der Waals surface area contributed by atoms with Crippen LogP contribution in [0.4, 0.5) is 13.2 Å². The van der Waals surface area contributed by atoms with Gasteiger partial charge in [0.25, 0.3) is 0 Å². The van der Waals surface area contributed by atoms with Gasteiger partial charge in [0.2, 0.25) is 0 Å². The van der Waals surface area contributed by atoms with Crippen LogP contribution in [0.15, 0.2) is 18.5 Å². The van der Waals surface area contributed by atoms with E-state index in [1.807, 2.05) is 0 Å². The molecule has 6 heteroatoms. The van der Waals surface area contributed by atoms with E-state index >= 15 is 0 Å². The number of halogens is 3. The third-order valence-corrected chi connectivity index (χ3v) is 2.77. The molecule has 0 aromatic carbocycles. The number of pyridine rings is 1. The third-order valence-electron chi connectivity index (χ3n) is 2.77. The molecule has 1 atom stereocenters. The Balaban J connectivity index is 2.29. The van der Waals surface area contributed by atoms with Crippen LogP contribution in [0.1, 0.15) is 30.0 Å². The summed E-state index contributed by atoms with van der Waals surface area (Å²) < 4.78 is 37.4. The maximum atomic E-state index is 12.5. The Morgan fingerprint density at radius 1 is 1.38 bits per heavy atom. The fraction of sp³-hybridized carbons (Fsp3) is 0.500. The molecular formula is C10H12F3N3. The van der Waals surface area contributed by atoms with E-state index in [4.69, 9.17) is 5.84 Å². The van der Waals surface area contributed by atoms with E-state index < -0.39 is 11.7 Å². The average molecular weight is 231 g/mol. The largest absolute Gasteiger partial charge is 0.417 e. The number of hydrogen-bond acceptors (Lipinski definition) is 3. The molecule has 2 rings (SSSR count). The molecule has 1 fully saturated rings. The molecule has 2 heterocycles. The highest BCUT2D eigenvalue weighted by molar-refractivity contribution is 5.23. The van der Waals surface area contributed by atoms with Crippen molar-refractivity contribution in [2.24, 2.45) is 5.84 Å². The third kappa shape index (κ3) is 2.17. The van der Waals surface area contributed by atoms with Gasteiger partial charge in [0.15, 0.2) is 0 Å². The number of rotatable bonds is 1. The first-order valence-corrected chi connectivity index (χ1v) is 5.02. The maximum absolute atomic E-state index is 12.5. The molecule has 0 unspecified atom stereocenters. The molecule has 0 radical (unpaired) electrons. The zero-order valence-electron chi connectivity index (χ0n) is 8.54. The summed E-state index contributed by atoms with van der Waals surface area (Å²) in [6, 6.07) is 0.984.